The number of H-pyrrole nitrogens is 4. The van der Waals surface area contributed by atoms with Crippen LogP contribution in [0, 0.1) is 0 Å². The van der Waals surface area contributed by atoms with Crippen LogP contribution in [-0.2, 0) is 30.4 Å². The van der Waals surface area contributed by atoms with Crippen LogP contribution in [0.5, 0.6) is 5.75 Å². The van der Waals surface area contributed by atoms with Crippen molar-refractivity contribution in [3.63, 3.8) is 0 Å². The summed E-state index contributed by atoms with van der Waals surface area (Å²) in [5, 5.41) is 21.2. The van der Waals surface area contributed by atoms with Gasteiger partial charge in [-0.3, -0.25) is 0 Å². The number of fused-ring (bicyclic) bond motifs is 12. The summed E-state index contributed by atoms with van der Waals surface area (Å²) in [6, 6.07) is 60.3. The van der Waals surface area contributed by atoms with Crippen molar-refractivity contribution in [2.75, 3.05) is 66.1 Å². The van der Waals surface area contributed by atoms with Gasteiger partial charge in [0.2, 0.25) is 0 Å². The number of urea groups is 1. The Morgan fingerprint density at radius 3 is 1.15 bits per heavy atom. The molecule has 6 aliphatic rings. The quantitative estimate of drug-likeness (QED) is 0.0387. The Labute approximate surface area is 762 Å². The third-order valence-corrected chi connectivity index (χ3v) is 27.8. The van der Waals surface area contributed by atoms with Crippen LogP contribution in [0.4, 0.5) is 4.79 Å². The Bertz CT molecular complexity index is 5690. The summed E-state index contributed by atoms with van der Waals surface area (Å²) >= 11 is 43.0. The monoisotopic (exact) mass is 1780 g/mol. The molecule has 2 amide bonds. The molecular weight excluding hydrogens is 1670 g/mol. The van der Waals surface area contributed by atoms with Gasteiger partial charge in [0.05, 0.1) is 44.5 Å². The summed E-state index contributed by atoms with van der Waals surface area (Å²) in [5.41, 5.74) is 23.5. The summed E-state index contributed by atoms with van der Waals surface area (Å²) < 4.78 is 10.8. The minimum atomic E-state index is -0.193. The SMILES string of the molecule is CC(C)c1ccc(C2c3[nH]c4ccc(Cl)cc4c3CCN2C(=S)NC2CCCCC2)cc1.CCC(C)NC(=S)N1CCc2c([nH]c3ccc(Cl)cc23)C1c1ccc(C(C)C)cc1.CCCCCNC(=S)N1CCc2c([nH]c3ccc(Cl)cc23)C1c1ccc(C(C)C)cc1.COc1ccc(C2c3[nH]c4ccc(Cl)cc4c3CCN2C(=O)N2CCOCC2)cc1. The molecule has 0 spiro atoms. The van der Waals surface area contributed by atoms with Gasteiger partial charge in [0.15, 0.2) is 15.3 Å². The largest absolute Gasteiger partial charge is 0.497 e. The molecule has 12 aromatic rings. The average Bonchev–Trinajstić information content (AvgIpc) is 1.62. The van der Waals surface area contributed by atoms with E-state index in [0.29, 0.717) is 62.7 Å². The first-order chi connectivity index (χ1) is 59.5. The van der Waals surface area contributed by atoms with Gasteiger partial charge in [0.25, 0.3) is 0 Å². The number of aromatic amines is 4. The molecule has 0 radical (unpaired) electrons. The molecule has 2 fully saturated rings. The minimum absolute atomic E-state index is 0.0569. The summed E-state index contributed by atoms with van der Waals surface area (Å²) in [6.07, 6.45) is 14.7. The van der Waals surface area contributed by atoms with Gasteiger partial charge in [-0.05, 0) is 259 Å². The summed E-state index contributed by atoms with van der Waals surface area (Å²) in [6.45, 7) is 26.7. The first kappa shape index (κ1) is 89.0. The van der Waals surface area contributed by atoms with Crippen molar-refractivity contribution in [3.05, 3.63) is 274 Å². The molecule has 4 aromatic heterocycles. The standard InChI is InChI=1S/C27H32ClN3S.C26H32ClN3S.C25H30ClN3S.C23H24ClN3O3/c1-17(2)18-8-10-19(11-9-18)26-25-22(23-16-20(28)12-13-24(23)30-25)14-15-31(26)27(32)29-21-6-4-3-5-7-21;1-4-5-6-14-28-26(31)30-15-13-21-22-16-20(27)11-12-23(22)29-24(21)25(30)19-9-7-18(8-10-19)17(2)3;1-5-16(4)27-25(30)29-13-12-20-21-14-19(26)10-11-22(21)28-23(20)24(29)18-8-6-17(7-9-18)15(2)3;1-29-17-5-2-15(3-6-17)22-21-18(19-14-16(24)4-7-20(19)25-21)8-9-27(22)23(28)26-10-12-30-13-11-26/h8-13,16-17,21,26,30H,3-7,14-15H2,1-2H3,(H,29,32);7-12,16-17,25,29H,4-6,13-15H2,1-3H3,(H,28,31);6-11,14-16,24,28H,5,12-13H2,1-4H3,(H,27,30);2-7,14,22,25H,8-13H2,1H3. The Morgan fingerprint density at radius 2 is 0.797 bits per heavy atom. The average molecular weight is 1790 g/mol. The highest BCUT2D eigenvalue weighted by Crippen LogP contribution is 2.46. The second kappa shape index (κ2) is 40.2. The predicted molar refractivity (Wildman–Crippen MR) is 523 cm³/mol. The molecule has 5 aliphatic heterocycles. The summed E-state index contributed by atoms with van der Waals surface area (Å²) in [5.74, 6) is 2.35. The number of amides is 2. The van der Waals surface area contributed by atoms with E-state index in [2.05, 4.69) is 222 Å². The van der Waals surface area contributed by atoms with Gasteiger partial charge >= 0.3 is 6.03 Å². The molecule has 18 rings (SSSR count). The van der Waals surface area contributed by atoms with Crippen LogP contribution in [0.2, 0.25) is 20.1 Å². The highest BCUT2D eigenvalue weighted by Gasteiger charge is 2.40. The first-order valence-corrected chi connectivity index (χ1v) is 47.2. The number of nitrogens with zero attached hydrogens (tertiary/aromatic N) is 5. The molecule has 0 bridgehead atoms. The van der Waals surface area contributed by atoms with Gasteiger partial charge in [-0.15, -0.1) is 0 Å². The van der Waals surface area contributed by atoms with Crippen molar-refractivity contribution in [2.24, 2.45) is 0 Å². The number of halogens is 4. The van der Waals surface area contributed by atoms with Crippen LogP contribution in [0.1, 0.15) is 246 Å². The van der Waals surface area contributed by atoms with E-state index in [4.69, 9.17) is 92.5 Å². The zero-order valence-corrected chi connectivity index (χ0v) is 78.1. The van der Waals surface area contributed by atoms with E-state index in [1.165, 1.54) is 134 Å². The maximum atomic E-state index is 13.5. The number of morpholine rings is 1. The van der Waals surface area contributed by atoms with Gasteiger partial charge in [-0.2, -0.15) is 0 Å². The van der Waals surface area contributed by atoms with Crippen molar-refractivity contribution >= 4 is 148 Å². The van der Waals surface area contributed by atoms with E-state index < -0.39 is 0 Å². The molecular formula is C101H118Cl4N12O3S3. The van der Waals surface area contributed by atoms with Gasteiger partial charge in [0, 0.05) is 144 Å². The number of rotatable bonds is 15. The number of methoxy groups -OCH3 is 1. The summed E-state index contributed by atoms with van der Waals surface area (Å²) in [7, 11) is 1.66. The van der Waals surface area contributed by atoms with Crippen molar-refractivity contribution < 1.29 is 14.3 Å². The third-order valence-electron chi connectivity index (χ3n) is 25.8. The summed E-state index contributed by atoms with van der Waals surface area (Å²) in [4.78, 5) is 39.1. The highest BCUT2D eigenvalue weighted by atomic mass is 35.5. The smallest absolute Gasteiger partial charge is 0.321 e. The van der Waals surface area contributed by atoms with Crippen LogP contribution in [0.25, 0.3) is 43.6 Å². The molecule has 1 saturated carbocycles. The zero-order valence-electron chi connectivity index (χ0n) is 72.6. The van der Waals surface area contributed by atoms with Gasteiger partial charge in [-0.1, -0.05) is 219 Å². The number of carbonyl (C=O) groups is 1. The molecule has 9 heterocycles. The Balaban J connectivity index is 0.000000127. The maximum absolute atomic E-state index is 13.5. The van der Waals surface area contributed by atoms with E-state index in [1.807, 2.05) is 70.5 Å². The van der Waals surface area contributed by atoms with Crippen LogP contribution >= 0.6 is 83.1 Å². The molecule has 5 unspecified atom stereocenters. The number of unbranched alkanes of at least 4 members (excludes halogenated alkanes) is 2. The molecule has 1 saturated heterocycles. The van der Waals surface area contributed by atoms with E-state index in [9.17, 15) is 4.79 Å². The molecule has 8 aromatic carbocycles. The van der Waals surface area contributed by atoms with E-state index in [1.54, 1.807) is 7.11 Å². The normalized spacial score (nSPS) is 17.9. The lowest BCUT2D eigenvalue weighted by atomic mass is 9.91. The number of thiocarbonyl (C=S) groups is 3. The number of ether oxygens (including phenoxy) is 2. The lowest BCUT2D eigenvalue weighted by Gasteiger charge is -2.40. The fraction of sp³-hybridized carbons (Fsp3) is 0.406. The predicted octanol–water partition coefficient (Wildman–Crippen LogP) is 24.9. The van der Waals surface area contributed by atoms with Crippen LogP contribution in [0.15, 0.2) is 170 Å². The van der Waals surface area contributed by atoms with E-state index in [-0.39, 0.29) is 30.2 Å². The number of hydrogen-bond donors (Lipinski definition) is 7. The van der Waals surface area contributed by atoms with E-state index >= 15 is 0 Å². The minimum Gasteiger partial charge on any atom is -0.497 e. The molecule has 22 heteroatoms. The van der Waals surface area contributed by atoms with Crippen molar-refractivity contribution in [2.45, 2.75) is 200 Å². The topological polar surface area (TPSA) is 151 Å². The third kappa shape index (κ3) is 19.9. The van der Waals surface area contributed by atoms with Gasteiger partial charge in [0.1, 0.15) is 5.75 Å². The van der Waals surface area contributed by atoms with E-state index in [0.717, 1.165) is 145 Å². The van der Waals surface area contributed by atoms with Crippen molar-refractivity contribution in [1.82, 2.24) is 60.4 Å². The Hall–Kier alpha value is -8.82. The molecule has 7 N–H and O–H groups in total. The highest BCUT2D eigenvalue weighted by molar-refractivity contribution is 7.80. The second-order valence-corrected chi connectivity index (χ2v) is 37.7. The van der Waals surface area contributed by atoms with Crippen LogP contribution in [-0.4, -0.2) is 144 Å². The van der Waals surface area contributed by atoms with Crippen LogP contribution < -0.4 is 20.7 Å². The molecule has 646 valence electrons. The first-order valence-electron chi connectivity index (χ1n) is 44.5. The Kier molecular flexibility index (Phi) is 29.1. The van der Waals surface area contributed by atoms with Gasteiger partial charge < -0.3 is 69.9 Å². The maximum Gasteiger partial charge on any atom is 0.321 e. The van der Waals surface area contributed by atoms with Crippen molar-refractivity contribution in [1.29, 1.82) is 0 Å². The fourth-order valence-corrected chi connectivity index (χ4v) is 20.5. The number of hydrogen-bond acceptors (Lipinski definition) is 6. The second-order valence-electron chi connectivity index (χ2n) is 34.8. The Morgan fingerprint density at radius 1 is 0.447 bits per heavy atom. The van der Waals surface area contributed by atoms with Gasteiger partial charge in [-0.25, -0.2) is 4.79 Å². The lowest BCUT2D eigenvalue weighted by Crippen LogP contribution is -2.51. The molecule has 15 nitrogen and oxygen atoms in total. The molecule has 1 aliphatic carbocycles. The van der Waals surface area contributed by atoms with Crippen LogP contribution in [0.3, 0.4) is 0 Å². The number of nitrogens with one attached hydrogen (secondary N) is 7. The molecule has 5 atom stereocenters. The fourth-order valence-electron chi connectivity index (χ4n) is 18.8. The number of carbonyl (C=O) groups excluding carboxylic acids is 1. The number of aromatic nitrogens is 4. The number of benzene rings is 8. The lowest BCUT2D eigenvalue weighted by molar-refractivity contribution is 0.0398. The molecule has 123 heavy (non-hydrogen) atoms. The van der Waals surface area contributed by atoms with Crippen molar-refractivity contribution in [3.8, 4) is 5.75 Å². The zero-order chi connectivity index (χ0) is 86.3.